The summed E-state index contributed by atoms with van der Waals surface area (Å²) in [6.07, 6.45) is 0.643. The average Bonchev–Trinajstić information content (AvgIpc) is 2.98. The Hall–Kier alpha value is -2.67. The number of carbonyl (C=O) groups is 2. The van der Waals surface area contributed by atoms with Gasteiger partial charge >= 0.3 is 0 Å². The summed E-state index contributed by atoms with van der Waals surface area (Å²) in [5.74, 6) is 0.430. The fourth-order valence-electron chi connectivity index (χ4n) is 2.42. The first-order chi connectivity index (χ1) is 12.0. The highest BCUT2D eigenvalue weighted by atomic mass is 16.5. The second-order valence-electron chi connectivity index (χ2n) is 5.76. The first kappa shape index (κ1) is 18.7. The molecule has 0 atom stereocenters. The number of rotatable bonds is 8. The number of anilines is 1. The van der Waals surface area contributed by atoms with Crippen LogP contribution in [0.2, 0.25) is 0 Å². The van der Waals surface area contributed by atoms with Gasteiger partial charge in [-0.25, -0.2) is 0 Å². The van der Waals surface area contributed by atoms with Crippen LogP contribution in [0.1, 0.15) is 28.1 Å². The van der Waals surface area contributed by atoms with Crippen molar-refractivity contribution in [1.82, 2.24) is 10.1 Å². The zero-order valence-corrected chi connectivity index (χ0v) is 14.7. The number of nitrogens with zero attached hydrogens (tertiary/aromatic N) is 2. The van der Waals surface area contributed by atoms with Crippen molar-refractivity contribution < 1.29 is 18.8 Å². The number of methoxy groups -OCH3 is 1. The largest absolute Gasteiger partial charge is 0.385 e. The van der Waals surface area contributed by atoms with E-state index < -0.39 is 0 Å². The molecule has 0 fully saturated rings. The van der Waals surface area contributed by atoms with E-state index in [1.807, 2.05) is 25.1 Å². The second-order valence-corrected chi connectivity index (χ2v) is 5.76. The molecule has 1 aromatic carbocycles. The van der Waals surface area contributed by atoms with Crippen molar-refractivity contribution in [2.75, 3.05) is 32.1 Å². The van der Waals surface area contributed by atoms with Crippen molar-refractivity contribution in [3.63, 3.8) is 0 Å². The second kappa shape index (κ2) is 8.98. The Bertz CT molecular complexity index is 727. The Morgan fingerprint density at radius 3 is 2.68 bits per heavy atom. The van der Waals surface area contributed by atoms with Gasteiger partial charge in [0.2, 0.25) is 5.91 Å². The topological polar surface area (TPSA) is 84.7 Å². The number of hydrogen-bond acceptors (Lipinski definition) is 5. The Kier molecular flexibility index (Phi) is 6.71. The lowest BCUT2D eigenvalue weighted by Gasteiger charge is -2.22. The van der Waals surface area contributed by atoms with Crippen molar-refractivity contribution in [1.29, 1.82) is 0 Å². The predicted molar refractivity (Wildman–Crippen MR) is 93.4 cm³/mol. The summed E-state index contributed by atoms with van der Waals surface area (Å²) in [6, 6.07) is 8.95. The molecule has 134 valence electrons. The zero-order chi connectivity index (χ0) is 18.2. The summed E-state index contributed by atoms with van der Waals surface area (Å²) in [5, 5.41) is 6.36. The predicted octanol–water partition coefficient (Wildman–Crippen LogP) is 2.41. The van der Waals surface area contributed by atoms with E-state index in [0.29, 0.717) is 36.7 Å². The number of carbonyl (C=O) groups excluding carboxylic acids is 2. The molecule has 7 nitrogen and oxygen atoms in total. The zero-order valence-electron chi connectivity index (χ0n) is 14.7. The molecule has 0 aliphatic heterocycles. The fourth-order valence-corrected chi connectivity index (χ4v) is 2.42. The minimum Gasteiger partial charge on any atom is -0.385 e. The highest BCUT2D eigenvalue weighted by Gasteiger charge is 2.20. The van der Waals surface area contributed by atoms with Crippen molar-refractivity contribution in [2.45, 2.75) is 20.3 Å². The molecule has 7 heteroatoms. The van der Waals surface area contributed by atoms with Crippen molar-refractivity contribution in [3.8, 4) is 0 Å². The Morgan fingerprint density at radius 2 is 2.04 bits per heavy atom. The summed E-state index contributed by atoms with van der Waals surface area (Å²) < 4.78 is 9.96. The molecule has 1 aromatic heterocycles. The third kappa shape index (κ3) is 5.42. The summed E-state index contributed by atoms with van der Waals surface area (Å²) in [6.45, 7) is 4.48. The van der Waals surface area contributed by atoms with Gasteiger partial charge in [-0.1, -0.05) is 23.4 Å². The monoisotopic (exact) mass is 345 g/mol. The third-order valence-corrected chi connectivity index (χ3v) is 3.67. The summed E-state index contributed by atoms with van der Waals surface area (Å²) in [4.78, 5) is 26.6. The molecule has 0 unspecified atom stereocenters. The van der Waals surface area contributed by atoms with E-state index >= 15 is 0 Å². The third-order valence-electron chi connectivity index (χ3n) is 3.67. The van der Waals surface area contributed by atoms with Crippen molar-refractivity contribution >= 4 is 17.6 Å². The van der Waals surface area contributed by atoms with E-state index in [-0.39, 0.29) is 18.4 Å². The minimum atomic E-state index is -0.326. The van der Waals surface area contributed by atoms with Gasteiger partial charge < -0.3 is 19.5 Å². The molecular formula is C18H23N3O4. The molecule has 1 heterocycles. The van der Waals surface area contributed by atoms with Gasteiger partial charge in [0.1, 0.15) is 12.3 Å². The molecule has 2 aromatic rings. The first-order valence-corrected chi connectivity index (χ1v) is 8.08. The average molecular weight is 345 g/mol. The van der Waals surface area contributed by atoms with Crippen LogP contribution >= 0.6 is 0 Å². The fraction of sp³-hybridized carbons (Fsp3) is 0.389. The summed E-state index contributed by atoms with van der Waals surface area (Å²) >= 11 is 0. The molecular weight excluding hydrogens is 322 g/mol. The smallest absolute Gasteiger partial charge is 0.254 e. The van der Waals surface area contributed by atoms with Gasteiger partial charge in [-0.2, -0.15) is 0 Å². The molecule has 0 aliphatic carbocycles. The molecule has 0 aliphatic rings. The van der Waals surface area contributed by atoms with E-state index in [0.717, 1.165) is 5.56 Å². The molecule has 0 spiro atoms. The molecule has 1 N–H and O–H groups in total. The van der Waals surface area contributed by atoms with E-state index in [2.05, 4.69) is 10.5 Å². The maximum Gasteiger partial charge on any atom is 0.254 e. The van der Waals surface area contributed by atoms with Crippen LogP contribution in [0.4, 0.5) is 5.82 Å². The molecule has 2 rings (SSSR count). The van der Waals surface area contributed by atoms with Gasteiger partial charge in [-0.15, -0.1) is 0 Å². The highest BCUT2D eigenvalue weighted by molar-refractivity contribution is 5.99. The van der Waals surface area contributed by atoms with Gasteiger partial charge in [0.25, 0.3) is 5.91 Å². The molecule has 2 amide bonds. The van der Waals surface area contributed by atoms with E-state index in [1.54, 1.807) is 26.2 Å². The molecule has 0 bridgehead atoms. The lowest BCUT2D eigenvalue weighted by molar-refractivity contribution is -0.117. The van der Waals surface area contributed by atoms with E-state index in [9.17, 15) is 9.59 Å². The molecule has 0 saturated heterocycles. The normalized spacial score (nSPS) is 10.5. The number of benzene rings is 1. The Labute approximate surface area is 146 Å². The maximum absolute atomic E-state index is 12.8. The summed E-state index contributed by atoms with van der Waals surface area (Å²) in [7, 11) is 1.60. The van der Waals surface area contributed by atoms with Crippen molar-refractivity contribution in [2.24, 2.45) is 0 Å². The van der Waals surface area contributed by atoms with Gasteiger partial charge in [0.15, 0.2) is 5.82 Å². The summed E-state index contributed by atoms with van der Waals surface area (Å²) in [5.41, 5.74) is 1.46. The van der Waals surface area contributed by atoms with Crippen LogP contribution in [0.3, 0.4) is 0 Å². The standard InChI is InChI=1S/C18H23N3O4/c1-13-7-4-5-8-15(13)18(23)21(9-6-10-24-3)12-17(22)19-16-11-14(2)25-20-16/h4-5,7-8,11H,6,9-10,12H2,1-3H3,(H,19,20,22). The van der Waals surface area contributed by atoms with Gasteiger partial charge in [0.05, 0.1) is 0 Å². The molecule has 0 saturated carbocycles. The number of hydrogen-bond donors (Lipinski definition) is 1. The highest BCUT2D eigenvalue weighted by Crippen LogP contribution is 2.12. The number of aromatic nitrogens is 1. The van der Waals surface area contributed by atoms with Crippen LogP contribution in [0.5, 0.6) is 0 Å². The lowest BCUT2D eigenvalue weighted by Crippen LogP contribution is -2.39. The lowest BCUT2D eigenvalue weighted by atomic mass is 10.1. The quantitative estimate of drug-likeness (QED) is 0.743. The molecule has 25 heavy (non-hydrogen) atoms. The van der Waals surface area contributed by atoms with Crippen molar-refractivity contribution in [3.05, 3.63) is 47.2 Å². The van der Waals surface area contributed by atoms with Crippen LogP contribution in [0, 0.1) is 13.8 Å². The number of aryl methyl sites for hydroxylation is 2. The first-order valence-electron chi connectivity index (χ1n) is 8.08. The van der Waals surface area contributed by atoms with Crippen LogP contribution in [-0.4, -0.2) is 48.7 Å². The Balaban J connectivity index is 2.07. The number of amides is 2. The minimum absolute atomic E-state index is 0.0667. The maximum atomic E-state index is 12.8. The van der Waals surface area contributed by atoms with Crippen LogP contribution in [0.25, 0.3) is 0 Å². The number of ether oxygens (including phenoxy) is 1. The van der Waals surface area contributed by atoms with Crippen LogP contribution in [-0.2, 0) is 9.53 Å². The van der Waals surface area contributed by atoms with Gasteiger partial charge in [0, 0.05) is 31.9 Å². The Morgan fingerprint density at radius 1 is 1.28 bits per heavy atom. The van der Waals surface area contributed by atoms with Crippen LogP contribution in [0.15, 0.2) is 34.9 Å². The van der Waals surface area contributed by atoms with Crippen LogP contribution < -0.4 is 5.32 Å². The van der Waals surface area contributed by atoms with E-state index in [4.69, 9.17) is 9.26 Å². The van der Waals surface area contributed by atoms with E-state index in [1.165, 1.54) is 4.90 Å². The SMILES string of the molecule is COCCCN(CC(=O)Nc1cc(C)on1)C(=O)c1ccccc1C. The van der Waals surface area contributed by atoms with Gasteiger partial charge in [-0.05, 0) is 31.9 Å². The van der Waals surface area contributed by atoms with Gasteiger partial charge in [-0.3, -0.25) is 9.59 Å². The molecule has 0 radical (unpaired) electrons. The number of nitrogens with one attached hydrogen (secondary N) is 1.